The topological polar surface area (TPSA) is 60.5 Å². The van der Waals surface area contributed by atoms with Crippen molar-refractivity contribution in [2.24, 2.45) is 0 Å². The molecule has 1 amide bonds. The second-order valence-electron chi connectivity index (χ2n) is 4.48. The number of amides is 1. The van der Waals surface area contributed by atoms with Gasteiger partial charge in [-0.1, -0.05) is 12.1 Å². The molecule has 1 atom stereocenters. The Morgan fingerprint density at radius 1 is 1.35 bits per heavy atom. The molecule has 2 aromatic rings. The number of hydrogen-bond acceptors (Lipinski definition) is 4. The van der Waals surface area contributed by atoms with E-state index < -0.39 is 0 Å². The highest BCUT2D eigenvalue weighted by Gasteiger charge is 2.13. The third-order valence-electron chi connectivity index (χ3n) is 3.08. The fourth-order valence-electron chi connectivity index (χ4n) is 1.84. The monoisotopic (exact) mass is 274 g/mol. The summed E-state index contributed by atoms with van der Waals surface area (Å²) >= 11 is 0. The van der Waals surface area contributed by atoms with Crippen molar-refractivity contribution in [2.75, 3.05) is 20.8 Å². The lowest BCUT2D eigenvalue weighted by atomic mass is 10.1. The van der Waals surface area contributed by atoms with E-state index in [1.165, 1.54) is 0 Å². The minimum atomic E-state index is -0.238. The molecule has 0 radical (unpaired) electrons. The zero-order valence-electron chi connectivity index (χ0n) is 11.8. The molecule has 0 saturated heterocycles. The third kappa shape index (κ3) is 3.05. The number of ether oxygens (including phenoxy) is 2. The second-order valence-corrected chi connectivity index (χ2v) is 4.48. The van der Waals surface area contributed by atoms with Crippen LogP contribution in [0.3, 0.4) is 0 Å². The summed E-state index contributed by atoms with van der Waals surface area (Å²) in [7, 11) is 3.19. The van der Waals surface area contributed by atoms with Gasteiger partial charge in [0.05, 0.1) is 18.7 Å². The van der Waals surface area contributed by atoms with Crippen LogP contribution in [0, 0.1) is 0 Å². The average molecular weight is 274 g/mol. The molecule has 5 heteroatoms. The summed E-state index contributed by atoms with van der Waals surface area (Å²) in [5.74, 6) is 0.401. The molecule has 1 unspecified atom stereocenters. The molecule has 106 valence electrons. The number of benzene rings is 1. The summed E-state index contributed by atoms with van der Waals surface area (Å²) < 4.78 is 10.4. The third-order valence-corrected chi connectivity index (χ3v) is 3.08. The minimum absolute atomic E-state index is 0.0405. The Kier molecular flexibility index (Phi) is 4.53. The molecule has 0 fully saturated rings. The zero-order valence-corrected chi connectivity index (χ0v) is 11.8. The van der Waals surface area contributed by atoms with Crippen molar-refractivity contribution in [3.8, 4) is 5.75 Å². The Morgan fingerprint density at radius 3 is 2.80 bits per heavy atom. The van der Waals surface area contributed by atoms with Gasteiger partial charge in [0.2, 0.25) is 0 Å². The molecule has 1 N–H and O–H groups in total. The Morgan fingerprint density at radius 2 is 2.10 bits per heavy atom. The smallest absolute Gasteiger partial charge is 0.270 e. The summed E-state index contributed by atoms with van der Waals surface area (Å²) in [4.78, 5) is 16.4. The first-order valence-electron chi connectivity index (χ1n) is 6.40. The van der Waals surface area contributed by atoms with E-state index in [4.69, 9.17) is 9.47 Å². The molecule has 1 heterocycles. The number of carbonyl (C=O) groups excluding carboxylic acids is 1. The summed E-state index contributed by atoms with van der Waals surface area (Å²) in [5.41, 5.74) is 1.07. The Labute approximate surface area is 117 Å². The van der Waals surface area contributed by atoms with Crippen molar-refractivity contribution in [3.05, 3.63) is 36.0 Å². The highest BCUT2D eigenvalue weighted by molar-refractivity contribution is 5.97. The predicted octanol–water partition coefficient (Wildman–Crippen LogP) is 2.01. The molecule has 0 spiro atoms. The summed E-state index contributed by atoms with van der Waals surface area (Å²) in [6.07, 6.45) is -0.0405. The fourth-order valence-corrected chi connectivity index (χ4v) is 1.84. The van der Waals surface area contributed by atoms with Gasteiger partial charge < -0.3 is 14.8 Å². The van der Waals surface area contributed by atoms with Crippen LogP contribution in [0.4, 0.5) is 0 Å². The average Bonchev–Trinajstić information content (AvgIpc) is 2.50. The van der Waals surface area contributed by atoms with Crippen LogP contribution in [0.2, 0.25) is 0 Å². The molecular formula is C15H18N2O3. The maximum atomic E-state index is 12.1. The number of hydrogen-bond donors (Lipinski definition) is 1. The molecule has 5 nitrogen and oxygen atoms in total. The second kappa shape index (κ2) is 6.34. The number of nitrogens with zero attached hydrogens (tertiary/aromatic N) is 1. The number of methoxy groups -OCH3 is 2. The number of fused-ring (bicyclic) bond motifs is 1. The van der Waals surface area contributed by atoms with E-state index in [0.717, 1.165) is 10.9 Å². The van der Waals surface area contributed by atoms with Crippen LogP contribution in [0.5, 0.6) is 5.75 Å². The first-order valence-corrected chi connectivity index (χ1v) is 6.40. The van der Waals surface area contributed by atoms with Gasteiger partial charge in [0.1, 0.15) is 11.4 Å². The number of carbonyl (C=O) groups is 1. The number of nitrogens with one attached hydrogen (secondary N) is 1. The van der Waals surface area contributed by atoms with Crippen LogP contribution in [-0.2, 0) is 4.74 Å². The lowest BCUT2D eigenvalue weighted by Gasteiger charge is -2.12. The first-order chi connectivity index (χ1) is 9.65. The van der Waals surface area contributed by atoms with Crippen molar-refractivity contribution in [1.82, 2.24) is 10.3 Å². The zero-order chi connectivity index (χ0) is 14.5. The number of rotatable bonds is 5. The van der Waals surface area contributed by atoms with Crippen LogP contribution in [0.1, 0.15) is 17.4 Å². The first kappa shape index (κ1) is 14.3. The van der Waals surface area contributed by atoms with Crippen LogP contribution in [0.25, 0.3) is 10.9 Å². The lowest BCUT2D eigenvalue weighted by Crippen LogP contribution is -2.32. The molecule has 1 aromatic carbocycles. The standard InChI is InChI=1S/C15H18N2O3/c1-10(19-2)9-16-15(18)13-8-14(20-3)11-6-4-5-7-12(11)17-13/h4-8,10H,9H2,1-3H3,(H,16,18). The van der Waals surface area contributed by atoms with Crippen LogP contribution in [0.15, 0.2) is 30.3 Å². The number of aromatic nitrogens is 1. The Hall–Kier alpha value is -2.14. The van der Waals surface area contributed by atoms with Crippen molar-refractivity contribution < 1.29 is 14.3 Å². The van der Waals surface area contributed by atoms with E-state index in [1.54, 1.807) is 20.3 Å². The van der Waals surface area contributed by atoms with E-state index in [2.05, 4.69) is 10.3 Å². The van der Waals surface area contributed by atoms with Gasteiger partial charge in [-0.15, -0.1) is 0 Å². The molecule has 0 saturated carbocycles. The number of para-hydroxylation sites is 1. The highest BCUT2D eigenvalue weighted by atomic mass is 16.5. The quantitative estimate of drug-likeness (QED) is 0.906. The minimum Gasteiger partial charge on any atom is -0.496 e. The van der Waals surface area contributed by atoms with Crippen LogP contribution >= 0.6 is 0 Å². The summed E-state index contributed by atoms with van der Waals surface area (Å²) in [5, 5.41) is 3.67. The molecule has 20 heavy (non-hydrogen) atoms. The van der Waals surface area contributed by atoms with E-state index in [-0.39, 0.29) is 12.0 Å². The summed E-state index contributed by atoms with van der Waals surface area (Å²) in [6.45, 7) is 2.32. The summed E-state index contributed by atoms with van der Waals surface area (Å²) in [6, 6.07) is 9.20. The van der Waals surface area contributed by atoms with Gasteiger partial charge in [-0.25, -0.2) is 4.98 Å². The molecule has 0 aliphatic heterocycles. The van der Waals surface area contributed by atoms with Gasteiger partial charge in [0.25, 0.3) is 5.91 Å². The lowest BCUT2D eigenvalue weighted by molar-refractivity contribution is 0.0866. The number of pyridine rings is 1. The van der Waals surface area contributed by atoms with Crippen molar-refractivity contribution >= 4 is 16.8 Å². The Balaban J connectivity index is 2.28. The van der Waals surface area contributed by atoms with Crippen LogP contribution in [-0.4, -0.2) is 37.8 Å². The van der Waals surface area contributed by atoms with Crippen molar-refractivity contribution in [1.29, 1.82) is 0 Å². The highest BCUT2D eigenvalue weighted by Crippen LogP contribution is 2.24. The normalized spacial score (nSPS) is 12.2. The van der Waals surface area contributed by atoms with E-state index in [0.29, 0.717) is 18.0 Å². The van der Waals surface area contributed by atoms with Gasteiger partial charge in [-0.2, -0.15) is 0 Å². The SMILES string of the molecule is COc1cc(C(=O)NCC(C)OC)nc2ccccc12. The fraction of sp³-hybridized carbons (Fsp3) is 0.333. The van der Waals surface area contributed by atoms with E-state index in [9.17, 15) is 4.79 Å². The maximum absolute atomic E-state index is 12.1. The van der Waals surface area contributed by atoms with Crippen LogP contribution < -0.4 is 10.1 Å². The molecular weight excluding hydrogens is 256 g/mol. The molecule has 1 aromatic heterocycles. The van der Waals surface area contributed by atoms with Gasteiger partial charge in [-0.05, 0) is 19.1 Å². The van der Waals surface area contributed by atoms with Crippen molar-refractivity contribution in [3.63, 3.8) is 0 Å². The van der Waals surface area contributed by atoms with Gasteiger partial charge in [0, 0.05) is 25.1 Å². The van der Waals surface area contributed by atoms with Gasteiger partial charge in [-0.3, -0.25) is 4.79 Å². The predicted molar refractivity (Wildman–Crippen MR) is 77.1 cm³/mol. The molecule has 0 bridgehead atoms. The molecule has 0 aliphatic rings. The van der Waals surface area contributed by atoms with Gasteiger partial charge in [0.15, 0.2) is 0 Å². The maximum Gasteiger partial charge on any atom is 0.270 e. The molecule has 2 rings (SSSR count). The van der Waals surface area contributed by atoms with Crippen molar-refractivity contribution in [2.45, 2.75) is 13.0 Å². The van der Waals surface area contributed by atoms with E-state index in [1.807, 2.05) is 31.2 Å². The van der Waals surface area contributed by atoms with E-state index >= 15 is 0 Å². The largest absolute Gasteiger partial charge is 0.496 e. The Bertz CT molecular complexity index is 613. The molecule has 0 aliphatic carbocycles. The van der Waals surface area contributed by atoms with Gasteiger partial charge >= 0.3 is 0 Å².